The van der Waals surface area contributed by atoms with E-state index in [1.165, 1.54) is 6.26 Å². The first kappa shape index (κ1) is 13.9. The van der Waals surface area contributed by atoms with E-state index in [-0.39, 0.29) is 0 Å². The monoisotopic (exact) mass is 221 g/mol. The molecule has 1 atom stereocenters. The summed E-state index contributed by atoms with van der Waals surface area (Å²) in [5.41, 5.74) is 0. The van der Waals surface area contributed by atoms with Gasteiger partial charge in [-0.25, -0.2) is 8.42 Å². The molecular weight excluding hydrogens is 198 g/mol. The Morgan fingerprint density at radius 3 is 2.36 bits per heavy atom. The first-order chi connectivity index (χ1) is 6.49. The molecule has 0 saturated heterocycles. The zero-order valence-corrected chi connectivity index (χ0v) is 10.4. The summed E-state index contributed by atoms with van der Waals surface area (Å²) in [6.07, 6.45) is 4.23. The zero-order chi connectivity index (χ0) is 11.0. The van der Waals surface area contributed by atoms with E-state index in [0.717, 1.165) is 32.4 Å². The highest BCUT2D eigenvalue weighted by Gasteiger charge is 2.07. The Balaban J connectivity index is 3.62. The topological polar surface area (TPSA) is 46.2 Å². The number of nitrogens with one attached hydrogen (secondary N) is 1. The summed E-state index contributed by atoms with van der Waals surface area (Å²) in [6.45, 7) is 6.24. The molecule has 0 fully saturated rings. The number of hydrogen-bond donors (Lipinski definition) is 1. The Kier molecular flexibility index (Phi) is 7.19. The van der Waals surface area contributed by atoms with Crippen molar-refractivity contribution in [2.24, 2.45) is 5.92 Å². The third-order valence-electron chi connectivity index (χ3n) is 2.39. The largest absolute Gasteiger partial charge is 0.317 e. The minimum atomic E-state index is -2.77. The lowest BCUT2D eigenvalue weighted by molar-refractivity contribution is 0.434. The van der Waals surface area contributed by atoms with Gasteiger partial charge in [-0.15, -0.1) is 0 Å². The molecule has 0 radical (unpaired) electrons. The van der Waals surface area contributed by atoms with E-state index in [2.05, 4.69) is 19.2 Å². The highest BCUT2D eigenvalue weighted by atomic mass is 32.2. The molecule has 0 aliphatic rings. The predicted octanol–water partition coefficient (Wildman–Crippen LogP) is 1.45. The van der Waals surface area contributed by atoms with Crippen LogP contribution in [0.5, 0.6) is 0 Å². The second-order valence-corrected chi connectivity index (χ2v) is 6.11. The van der Waals surface area contributed by atoms with Crippen molar-refractivity contribution in [2.45, 2.75) is 33.1 Å². The summed E-state index contributed by atoms with van der Waals surface area (Å²) in [4.78, 5) is 0. The number of rotatable bonds is 8. The van der Waals surface area contributed by atoms with Crippen LogP contribution in [0.25, 0.3) is 0 Å². The van der Waals surface area contributed by atoms with Gasteiger partial charge in [0, 0.05) is 12.0 Å². The van der Waals surface area contributed by atoms with Gasteiger partial charge in [-0.2, -0.15) is 0 Å². The van der Waals surface area contributed by atoms with Gasteiger partial charge in [0.25, 0.3) is 0 Å². The van der Waals surface area contributed by atoms with E-state index in [9.17, 15) is 8.42 Å². The zero-order valence-electron chi connectivity index (χ0n) is 9.54. The molecule has 0 rings (SSSR count). The van der Waals surface area contributed by atoms with Gasteiger partial charge < -0.3 is 5.32 Å². The third-order valence-corrected chi connectivity index (χ3v) is 3.42. The molecule has 0 amide bonds. The fraction of sp³-hybridized carbons (Fsp3) is 1.00. The fourth-order valence-corrected chi connectivity index (χ4v) is 2.12. The average Bonchev–Trinajstić information content (AvgIpc) is 2.09. The first-order valence-corrected chi connectivity index (χ1v) is 7.44. The summed E-state index contributed by atoms with van der Waals surface area (Å²) in [7, 11) is -2.77. The van der Waals surface area contributed by atoms with Gasteiger partial charge >= 0.3 is 0 Å². The predicted molar refractivity (Wildman–Crippen MR) is 61.3 cm³/mol. The van der Waals surface area contributed by atoms with Crippen molar-refractivity contribution >= 4 is 9.84 Å². The summed E-state index contributed by atoms with van der Waals surface area (Å²) in [5.74, 6) is 0.951. The molecule has 0 aliphatic heterocycles. The SMILES string of the molecule is CCNCC(CC)CCCS(C)(=O)=O. The summed E-state index contributed by atoms with van der Waals surface area (Å²) >= 11 is 0. The van der Waals surface area contributed by atoms with Crippen molar-refractivity contribution in [3.05, 3.63) is 0 Å². The van der Waals surface area contributed by atoms with Crippen molar-refractivity contribution in [2.75, 3.05) is 25.1 Å². The maximum atomic E-state index is 10.9. The maximum absolute atomic E-state index is 10.9. The van der Waals surface area contributed by atoms with E-state index in [4.69, 9.17) is 0 Å². The van der Waals surface area contributed by atoms with Crippen molar-refractivity contribution in [1.29, 1.82) is 0 Å². The minimum absolute atomic E-state index is 0.329. The van der Waals surface area contributed by atoms with Crippen LogP contribution in [0.1, 0.15) is 33.1 Å². The van der Waals surface area contributed by atoms with Gasteiger partial charge in [-0.3, -0.25) is 0 Å². The van der Waals surface area contributed by atoms with Crippen LogP contribution in [-0.4, -0.2) is 33.5 Å². The standard InChI is InChI=1S/C10H23NO2S/c1-4-10(9-11-5-2)7-6-8-14(3,12)13/h10-11H,4-9H2,1-3H3. The Hall–Kier alpha value is -0.0900. The van der Waals surface area contributed by atoms with E-state index in [0.29, 0.717) is 11.7 Å². The molecule has 0 heterocycles. The minimum Gasteiger partial charge on any atom is -0.317 e. The van der Waals surface area contributed by atoms with Crippen molar-refractivity contribution < 1.29 is 8.42 Å². The van der Waals surface area contributed by atoms with Crippen molar-refractivity contribution in [3.8, 4) is 0 Å². The maximum Gasteiger partial charge on any atom is 0.147 e. The van der Waals surface area contributed by atoms with Gasteiger partial charge in [0.1, 0.15) is 9.84 Å². The Labute approximate surface area is 88.2 Å². The van der Waals surface area contributed by atoms with Crippen LogP contribution in [0.15, 0.2) is 0 Å². The third kappa shape index (κ3) is 8.51. The highest BCUT2D eigenvalue weighted by Crippen LogP contribution is 2.10. The van der Waals surface area contributed by atoms with Gasteiger partial charge in [0.2, 0.25) is 0 Å². The van der Waals surface area contributed by atoms with Gasteiger partial charge in [0.05, 0.1) is 0 Å². The molecular formula is C10H23NO2S. The van der Waals surface area contributed by atoms with Crippen LogP contribution in [0.2, 0.25) is 0 Å². The quantitative estimate of drug-likeness (QED) is 0.675. The van der Waals surface area contributed by atoms with Crippen LogP contribution >= 0.6 is 0 Å². The number of hydrogen-bond acceptors (Lipinski definition) is 3. The van der Waals surface area contributed by atoms with E-state index in [1.54, 1.807) is 0 Å². The molecule has 4 heteroatoms. The molecule has 14 heavy (non-hydrogen) atoms. The molecule has 0 aromatic carbocycles. The molecule has 0 aromatic heterocycles. The highest BCUT2D eigenvalue weighted by molar-refractivity contribution is 7.90. The van der Waals surface area contributed by atoms with Crippen molar-refractivity contribution in [3.63, 3.8) is 0 Å². The second-order valence-electron chi connectivity index (χ2n) is 3.85. The normalized spacial score (nSPS) is 14.2. The van der Waals surface area contributed by atoms with E-state index < -0.39 is 9.84 Å². The van der Waals surface area contributed by atoms with Crippen LogP contribution in [0.4, 0.5) is 0 Å². The Morgan fingerprint density at radius 2 is 1.93 bits per heavy atom. The molecule has 0 aromatic rings. The summed E-state index contributed by atoms with van der Waals surface area (Å²) in [6, 6.07) is 0. The van der Waals surface area contributed by atoms with Gasteiger partial charge in [0.15, 0.2) is 0 Å². The molecule has 1 unspecified atom stereocenters. The molecule has 3 nitrogen and oxygen atoms in total. The molecule has 1 N–H and O–H groups in total. The molecule has 0 aliphatic carbocycles. The first-order valence-electron chi connectivity index (χ1n) is 5.38. The molecule has 86 valence electrons. The van der Waals surface area contributed by atoms with Gasteiger partial charge in [-0.05, 0) is 31.8 Å². The number of sulfone groups is 1. The van der Waals surface area contributed by atoms with Crippen LogP contribution in [0.3, 0.4) is 0 Å². The lowest BCUT2D eigenvalue weighted by Gasteiger charge is -2.14. The van der Waals surface area contributed by atoms with Gasteiger partial charge in [-0.1, -0.05) is 20.3 Å². The second kappa shape index (κ2) is 7.23. The lowest BCUT2D eigenvalue weighted by Crippen LogP contribution is -2.22. The van der Waals surface area contributed by atoms with Crippen molar-refractivity contribution in [1.82, 2.24) is 5.32 Å². The van der Waals surface area contributed by atoms with E-state index in [1.807, 2.05) is 0 Å². The van der Waals surface area contributed by atoms with Crippen LogP contribution in [0, 0.1) is 5.92 Å². The van der Waals surface area contributed by atoms with Crippen LogP contribution < -0.4 is 5.32 Å². The molecule has 0 bridgehead atoms. The summed E-state index contributed by atoms with van der Waals surface area (Å²) < 4.78 is 21.8. The fourth-order valence-electron chi connectivity index (χ4n) is 1.43. The smallest absolute Gasteiger partial charge is 0.147 e. The lowest BCUT2D eigenvalue weighted by atomic mass is 10.0. The molecule has 0 saturated carbocycles. The summed E-state index contributed by atoms with van der Waals surface area (Å²) in [5, 5.41) is 3.30. The Bertz CT molecular complexity index is 224. The van der Waals surface area contributed by atoms with Crippen LogP contribution in [-0.2, 0) is 9.84 Å². The average molecular weight is 221 g/mol. The van der Waals surface area contributed by atoms with E-state index >= 15 is 0 Å². The molecule has 0 spiro atoms. The Morgan fingerprint density at radius 1 is 1.29 bits per heavy atom.